The first-order valence-corrected chi connectivity index (χ1v) is 3.86. The minimum atomic E-state index is -2.40. The molecule has 1 fully saturated rings. The van der Waals surface area contributed by atoms with Crippen LogP contribution in [0.3, 0.4) is 0 Å². The van der Waals surface area contributed by atoms with Gasteiger partial charge >= 0.3 is 0 Å². The van der Waals surface area contributed by atoms with Crippen molar-refractivity contribution >= 4 is 0 Å². The molecule has 1 nitrogen and oxygen atoms in total. The predicted molar refractivity (Wildman–Crippen MR) is 40.8 cm³/mol. The summed E-state index contributed by atoms with van der Waals surface area (Å²) in [6.45, 7) is 2.62. The first-order chi connectivity index (χ1) is 5.14. The van der Waals surface area contributed by atoms with Crippen LogP contribution in [0.25, 0.3) is 0 Å². The zero-order valence-electron chi connectivity index (χ0n) is 6.61. The molecule has 0 aromatic heterocycles. The Balaban J connectivity index is 2.05. The molecule has 1 saturated carbocycles. The van der Waals surface area contributed by atoms with Crippen LogP contribution >= 0.6 is 0 Å². The van der Waals surface area contributed by atoms with Crippen LogP contribution in [-0.4, -0.2) is 18.5 Å². The maximum Gasteiger partial charge on any atom is 0.251 e. The van der Waals surface area contributed by atoms with Crippen LogP contribution in [0.4, 0.5) is 8.78 Å². The van der Waals surface area contributed by atoms with Crippen molar-refractivity contribution < 1.29 is 8.78 Å². The molecule has 0 aromatic carbocycles. The third-order valence-corrected chi connectivity index (χ3v) is 1.85. The van der Waals surface area contributed by atoms with E-state index >= 15 is 0 Å². The topological polar surface area (TPSA) is 12.0 Å². The third kappa shape index (κ3) is 2.58. The molecule has 0 bridgehead atoms. The molecular formula is C8H13F2N. The quantitative estimate of drug-likeness (QED) is 0.624. The summed E-state index contributed by atoms with van der Waals surface area (Å²) in [5.74, 6) is -2.40. The number of hydrogen-bond donors (Lipinski definition) is 1. The van der Waals surface area contributed by atoms with Crippen molar-refractivity contribution in [2.75, 3.05) is 6.54 Å². The Hall–Kier alpha value is -0.440. The van der Waals surface area contributed by atoms with Crippen LogP contribution in [0.5, 0.6) is 0 Å². The minimum absolute atomic E-state index is 0.00452. The monoisotopic (exact) mass is 161 g/mol. The van der Waals surface area contributed by atoms with Crippen molar-refractivity contribution in [3.05, 3.63) is 12.2 Å². The SMILES string of the molecule is C/C=C/CNC1CC(F)(F)C1. The Morgan fingerprint density at radius 3 is 2.64 bits per heavy atom. The van der Waals surface area contributed by atoms with Gasteiger partial charge < -0.3 is 5.32 Å². The average molecular weight is 161 g/mol. The van der Waals surface area contributed by atoms with Gasteiger partial charge in [-0.15, -0.1) is 0 Å². The second-order valence-electron chi connectivity index (χ2n) is 2.94. The van der Waals surface area contributed by atoms with Gasteiger partial charge in [0.05, 0.1) is 0 Å². The number of hydrogen-bond acceptors (Lipinski definition) is 1. The van der Waals surface area contributed by atoms with Crippen LogP contribution in [0.2, 0.25) is 0 Å². The van der Waals surface area contributed by atoms with Gasteiger partial charge in [0.2, 0.25) is 0 Å². The largest absolute Gasteiger partial charge is 0.310 e. The van der Waals surface area contributed by atoms with E-state index in [9.17, 15) is 8.78 Å². The van der Waals surface area contributed by atoms with E-state index in [1.165, 1.54) is 0 Å². The van der Waals surface area contributed by atoms with E-state index in [4.69, 9.17) is 0 Å². The molecule has 64 valence electrons. The Kier molecular flexibility index (Phi) is 2.60. The molecule has 1 rings (SSSR count). The highest BCUT2D eigenvalue weighted by molar-refractivity contribution is 4.93. The molecule has 11 heavy (non-hydrogen) atoms. The molecule has 1 N–H and O–H groups in total. The van der Waals surface area contributed by atoms with E-state index < -0.39 is 5.92 Å². The minimum Gasteiger partial charge on any atom is -0.310 e. The van der Waals surface area contributed by atoms with Crippen LogP contribution in [0, 0.1) is 0 Å². The van der Waals surface area contributed by atoms with Crippen molar-refractivity contribution in [2.24, 2.45) is 0 Å². The lowest BCUT2D eigenvalue weighted by molar-refractivity contribution is -0.0919. The van der Waals surface area contributed by atoms with Gasteiger partial charge in [0.25, 0.3) is 5.92 Å². The highest BCUT2D eigenvalue weighted by Gasteiger charge is 2.44. The second kappa shape index (κ2) is 3.30. The summed E-state index contributed by atoms with van der Waals surface area (Å²) in [5.41, 5.74) is 0. The van der Waals surface area contributed by atoms with E-state index in [2.05, 4.69) is 5.32 Å². The lowest BCUT2D eigenvalue weighted by Crippen LogP contribution is -2.48. The van der Waals surface area contributed by atoms with Crippen LogP contribution in [-0.2, 0) is 0 Å². The molecule has 0 amide bonds. The standard InChI is InChI=1S/C8H13F2N/c1-2-3-4-11-7-5-8(9,10)6-7/h2-3,7,11H,4-6H2,1H3/b3-2+. The van der Waals surface area contributed by atoms with E-state index in [0.717, 1.165) is 0 Å². The van der Waals surface area contributed by atoms with Crippen molar-refractivity contribution in [3.8, 4) is 0 Å². The normalized spacial score (nSPS) is 23.9. The number of allylic oxidation sites excluding steroid dienone is 1. The summed E-state index contributed by atoms with van der Waals surface area (Å²) < 4.78 is 24.5. The van der Waals surface area contributed by atoms with E-state index in [-0.39, 0.29) is 18.9 Å². The van der Waals surface area contributed by atoms with Crippen LogP contribution in [0.15, 0.2) is 12.2 Å². The molecule has 0 radical (unpaired) electrons. The van der Waals surface area contributed by atoms with Crippen molar-refractivity contribution in [1.82, 2.24) is 5.32 Å². The molecule has 1 aliphatic rings. The number of alkyl halides is 2. The smallest absolute Gasteiger partial charge is 0.251 e. The highest BCUT2D eigenvalue weighted by atomic mass is 19.3. The molecule has 0 aromatic rings. The average Bonchev–Trinajstić information content (AvgIpc) is 1.84. The molecular weight excluding hydrogens is 148 g/mol. The molecule has 3 heteroatoms. The van der Waals surface area contributed by atoms with Gasteiger partial charge in [0, 0.05) is 25.4 Å². The van der Waals surface area contributed by atoms with Crippen LogP contribution in [0.1, 0.15) is 19.8 Å². The van der Waals surface area contributed by atoms with Gasteiger partial charge in [0.1, 0.15) is 0 Å². The third-order valence-electron chi connectivity index (χ3n) is 1.85. The molecule has 0 atom stereocenters. The first-order valence-electron chi connectivity index (χ1n) is 3.86. The molecule has 0 aliphatic heterocycles. The Labute approximate surface area is 65.5 Å². The second-order valence-corrected chi connectivity index (χ2v) is 2.94. The fourth-order valence-corrected chi connectivity index (χ4v) is 1.16. The Bertz CT molecular complexity index is 146. The molecule has 0 spiro atoms. The van der Waals surface area contributed by atoms with Crippen molar-refractivity contribution in [1.29, 1.82) is 0 Å². The highest BCUT2D eigenvalue weighted by Crippen LogP contribution is 2.37. The lowest BCUT2D eigenvalue weighted by Gasteiger charge is -2.35. The Morgan fingerprint density at radius 2 is 2.18 bits per heavy atom. The zero-order valence-corrected chi connectivity index (χ0v) is 6.61. The van der Waals surface area contributed by atoms with Crippen molar-refractivity contribution in [2.45, 2.75) is 31.7 Å². The van der Waals surface area contributed by atoms with Gasteiger partial charge in [-0.05, 0) is 6.92 Å². The summed E-state index contributed by atoms with van der Waals surface area (Å²) in [7, 11) is 0. The summed E-state index contributed by atoms with van der Waals surface area (Å²) in [5, 5.41) is 3.01. The molecule has 0 saturated heterocycles. The maximum atomic E-state index is 12.2. The number of rotatable bonds is 3. The fraction of sp³-hybridized carbons (Fsp3) is 0.750. The number of halogens is 2. The van der Waals surface area contributed by atoms with Gasteiger partial charge in [-0.3, -0.25) is 0 Å². The summed E-state index contributed by atoms with van der Waals surface area (Å²) in [4.78, 5) is 0. The lowest BCUT2D eigenvalue weighted by atomic mass is 9.88. The zero-order chi connectivity index (χ0) is 8.32. The van der Waals surface area contributed by atoms with E-state index in [0.29, 0.717) is 6.54 Å². The maximum absolute atomic E-state index is 12.2. The molecule has 0 unspecified atom stereocenters. The van der Waals surface area contributed by atoms with Gasteiger partial charge in [-0.1, -0.05) is 12.2 Å². The summed E-state index contributed by atoms with van der Waals surface area (Å²) in [6, 6.07) is 0.0289. The van der Waals surface area contributed by atoms with Gasteiger partial charge in [0.15, 0.2) is 0 Å². The fourth-order valence-electron chi connectivity index (χ4n) is 1.16. The summed E-state index contributed by atoms with van der Waals surface area (Å²) in [6.07, 6.45) is 3.84. The van der Waals surface area contributed by atoms with E-state index in [1.807, 2.05) is 19.1 Å². The first kappa shape index (κ1) is 8.65. The molecule has 1 aliphatic carbocycles. The Morgan fingerprint density at radius 1 is 1.55 bits per heavy atom. The predicted octanol–water partition coefficient (Wildman–Crippen LogP) is 1.95. The van der Waals surface area contributed by atoms with Gasteiger partial charge in [-0.2, -0.15) is 0 Å². The van der Waals surface area contributed by atoms with E-state index in [1.54, 1.807) is 0 Å². The molecule has 0 heterocycles. The van der Waals surface area contributed by atoms with Crippen LogP contribution < -0.4 is 5.32 Å². The number of nitrogens with one attached hydrogen (secondary N) is 1. The summed E-state index contributed by atoms with van der Waals surface area (Å²) >= 11 is 0. The van der Waals surface area contributed by atoms with Gasteiger partial charge in [-0.25, -0.2) is 8.78 Å². The van der Waals surface area contributed by atoms with Crippen molar-refractivity contribution in [3.63, 3.8) is 0 Å².